The van der Waals surface area contributed by atoms with E-state index in [1.165, 1.54) is 0 Å². The summed E-state index contributed by atoms with van der Waals surface area (Å²) in [5, 5.41) is 11.8. The first-order valence-corrected chi connectivity index (χ1v) is 4.49. The first-order valence-electron chi connectivity index (χ1n) is 4.49. The molecular weight excluding hydrogens is 182 g/mol. The predicted molar refractivity (Wildman–Crippen MR) is 49.9 cm³/mol. The number of aromatic hydroxyl groups is 1. The summed E-state index contributed by atoms with van der Waals surface area (Å²) in [5.74, 6) is 0.192. The number of hydrogen-bond donors (Lipinski definition) is 2. The van der Waals surface area contributed by atoms with E-state index in [-0.39, 0.29) is 11.9 Å². The highest BCUT2D eigenvalue weighted by atomic mass is 16.6. The van der Waals surface area contributed by atoms with Gasteiger partial charge in [-0.3, -0.25) is 0 Å². The van der Waals surface area contributed by atoms with Crippen molar-refractivity contribution in [2.24, 2.45) is 0 Å². The number of alkyl carbamates (subject to hydrolysis) is 1. The van der Waals surface area contributed by atoms with Crippen molar-refractivity contribution < 1.29 is 14.6 Å². The number of phenols is 1. The van der Waals surface area contributed by atoms with Crippen LogP contribution in [0, 0.1) is 0 Å². The third-order valence-corrected chi connectivity index (χ3v) is 2.17. The quantitative estimate of drug-likeness (QED) is 0.711. The monoisotopic (exact) mass is 193 g/mol. The summed E-state index contributed by atoms with van der Waals surface area (Å²) in [6, 6.07) is 6.78. The van der Waals surface area contributed by atoms with Crippen LogP contribution in [0.1, 0.15) is 18.1 Å². The molecule has 0 bridgehead atoms. The normalized spacial score (nSPS) is 21.1. The van der Waals surface area contributed by atoms with Crippen molar-refractivity contribution in [1.29, 1.82) is 0 Å². The van der Waals surface area contributed by atoms with E-state index in [4.69, 9.17) is 4.74 Å². The molecule has 1 atom stereocenters. The molecule has 14 heavy (non-hydrogen) atoms. The number of amides is 1. The van der Waals surface area contributed by atoms with Gasteiger partial charge in [-0.25, -0.2) is 4.79 Å². The molecule has 1 aliphatic rings. The molecule has 4 heteroatoms. The Kier molecular flexibility index (Phi) is 2.26. The van der Waals surface area contributed by atoms with Crippen LogP contribution in [0.15, 0.2) is 24.3 Å². The summed E-state index contributed by atoms with van der Waals surface area (Å²) in [6.45, 7) is 0.610. The number of ether oxygens (including phenoxy) is 1. The molecule has 0 saturated carbocycles. The molecule has 0 aromatic heterocycles. The lowest BCUT2D eigenvalue weighted by Gasteiger charge is -2.23. The van der Waals surface area contributed by atoms with Gasteiger partial charge in [-0.1, -0.05) is 12.1 Å². The molecule has 1 aromatic carbocycles. The first-order chi connectivity index (χ1) is 6.75. The molecule has 0 radical (unpaired) electrons. The smallest absolute Gasteiger partial charge is 0.407 e. The van der Waals surface area contributed by atoms with E-state index in [9.17, 15) is 9.90 Å². The van der Waals surface area contributed by atoms with Crippen LogP contribution in [0.3, 0.4) is 0 Å². The number of nitrogens with one attached hydrogen (secondary N) is 1. The maximum atomic E-state index is 10.9. The summed E-state index contributed by atoms with van der Waals surface area (Å²) in [7, 11) is 0. The topological polar surface area (TPSA) is 58.6 Å². The zero-order valence-corrected chi connectivity index (χ0v) is 7.56. The predicted octanol–water partition coefficient (Wildman–Crippen LogP) is 1.56. The molecule has 2 N–H and O–H groups in total. The number of carbonyl (C=O) groups is 1. The summed E-state index contributed by atoms with van der Waals surface area (Å²) >= 11 is 0. The van der Waals surface area contributed by atoms with Gasteiger partial charge in [0.05, 0.1) is 0 Å². The molecule has 0 aliphatic carbocycles. The van der Waals surface area contributed by atoms with E-state index in [0.717, 1.165) is 12.0 Å². The van der Waals surface area contributed by atoms with Gasteiger partial charge < -0.3 is 15.2 Å². The number of benzene rings is 1. The average Bonchev–Trinajstić information content (AvgIpc) is 2.18. The number of carbonyl (C=O) groups excluding carboxylic acids is 1. The number of phenolic OH excluding ortho intramolecular Hbond substituents is 1. The molecule has 2 rings (SSSR count). The van der Waals surface area contributed by atoms with Gasteiger partial charge in [0.2, 0.25) is 0 Å². The van der Waals surface area contributed by atoms with Crippen molar-refractivity contribution in [3.8, 4) is 5.75 Å². The second-order valence-electron chi connectivity index (χ2n) is 3.20. The van der Waals surface area contributed by atoms with Crippen LogP contribution in [0.5, 0.6) is 5.75 Å². The van der Waals surface area contributed by atoms with E-state index in [1.54, 1.807) is 18.2 Å². The second kappa shape index (κ2) is 3.57. The van der Waals surface area contributed by atoms with Gasteiger partial charge in [0.1, 0.15) is 11.9 Å². The third-order valence-electron chi connectivity index (χ3n) is 2.17. The molecule has 1 aromatic rings. The van der Waals surface area contributed by atoms with E-state index >= 15 is 0 Å². The van der Waals surface area contributed by atoms with Gasteiger partial charge in [0.25, 0.3) is 0 Å². The lowest BCUT2D eigenvalue weighted by molar-refractivity contribution is 0.0737. The van der Waals surface area contributed by atoms with Crippen molar-refractivity contribution in [1.82, 2.24) is 5.32 Å². The minimum Gasteiger partial charge on any atom is -0.508 e. The van der Waals surface area contributed by atoms with E-state index in [1.807, 2.05) is 6.07 Å². The SMILES string of the molecule is O=C1NCCC(c2cccc(O)c2)O1. The summed E-state index contributed by atoms with van der Waals surface area (Å²) in [5.41, 5.74) is 0.833. The van der Waals surface area contributed by atoms with Gasteiger partial charge in [0, 0.05) is 13.0 Å². The lowest BCUT2D eigenvalue weighted by atomic mass is 10.1. The molecular formula is C10H11NO3. The van der Waals surface area contributed by atoms with E-state index in [2.05, 4.69) is 5.32 Å². The highest BCUT2D eigenvalue weighted by Gasteiger charge is 2.21. The molecule has 1 amide bonds. The fourth-order valence-corrected chi connectivity index (χ4v) is 1.49. The van der Waals surface area contributed by atoms with Crippen molar-refractivity contribution in [2.45, 2.75) is 12.5 Å². The zero-order valence-electron chi connectivity index (χ0n) is 7.56. The molecule has 1 saturated heterocycles. The van der Waals surface area contributed by atoms with Crippen LogP contribution in [0.25, 0.3) is 0 Å². The fraction of sp³-hybridized carbons (Fsp3) is 0.300. The Morgan fingerprint density at radius 2 is 2.36 bits per heavy atom. The fourth-order valence-electron chi connectivity index (χ4n) is 1.49. The molecule has 1 fully saturated rings. The maximum absolute atomic E-state index is 10.9. The number of cyclic esters (lactones) is 1. The van der Waals surface area contributed by atoms with E-state index in [0.29, 0.717) is 6.54 Å². The minimum absolute atomic E-state index is 0.192. The Morgan fingerprint density at radius 3 is 3.07 bits per heavy atom. The third kappa shape index (κ3) is 1.79. The Labute approximate surface area is 81.5 Å². The Hall–Kier alpha value is -1.71. The summed E-state index contributed by atoms with van der Waals surface area (Å²) < 4.78 is 5.07. The van der Waals surface area contributed by atoms with Gasteiger partial charge in [-0.05, 0) is 17.7 Å². The van der Waals surface area contributed by atoms with Gasteiger partial charge >= 0.3 is 6.09 Å². The average molecular weight is 193 g/mol. The summed E-state index contributed by atoms with van der Waals surface area (Å²) in [4.78, 5) is 10.9. The molecule has 1 unspecified atom stereocenters. The minimum atomic E-state index is -0.399. The van der Waals surface area contributed by atoms with Crippen molar-refractivity contribution in [2.75, 3.05) is 6.54 Å². The molecule has 4 nitrogen and oxygen atoms in total. The number of rotatable bonds is 1. The standard InChI is InChI=1S/C10H11NO3/c12-8-3-1-2-7(6-8)9-4-5-11-10(13)14-9/h1-3,6,9,12H,4-5H2,(H,11,13). The van der Waals surface area contributed by atoms with Crippen molar-refractivity contribution >= 4 is 6.09 Å². The van der Waals surface area contributed by atoms with Crippen LogP contribution in [0.2, 0.25) is 0 Å². The largest absolute Gasteiger partial charge is 0.508 e. The number of hydrogen-bond acceptors (Lipinski definition) is 3. The summed E-state index contributed by atoms with van der Waals surface area (Å²) in [6.07, 6.45) is 0.0929. The maximum Gasteiger partial charge on any atom is 0.407 e. The van der Waals surface area contributed by atoms with Crippen LogP contribution in [-0.2, 0) is 4.74 Å². The first kappa shape index (κ1) is 8.87. The highest BCUT2D eigenvalue weighted by molar-refractivity contribution is 5.68. The lowest BCUT2D eigenvalue weighted by Crippen LogP contribution is -2.33. The Balaban J connectivity index is 2.17. The molecule has 1 aliphatic heterocycles. The van der Waals surface area contributed by atoms with Gasteiger partial charge in [-0.2, -0.15) is 0 Å². The molecule has 74 valence electrons. The molecule has 0 spiro atoms. The zero-order chi connectivity index (χ0) is 9.97. The van der Waals surface area contributed by atoms with Crippen molar-refractivity contribution in [3.05, 3.63) is 29.8 Å². The van der Waals surface area contributed by atoms with Gasteiger partial charge in [0.15, 0.2) is 0 Å². The van der Waals surface area contributed by atoms with Crippen LogP contribution in [-0.4, -0.2) is 17.7 Å². The van der Waals surface area contributed by atoms with E-state index < -0.39 is 6.09 Å². The van der Waals surface area contributed by atoms with Gasteiger partial charge in [-0.15, -0.1) is 0 Å². The molecule has 1 heterocycles. The Bertz CT molecular complexity index is 351. The second-order valence-corrected chi connectivity index (χ2v) is 3.20. The highest BCUT2D eigenvalue weighted by Crippen LogP contribution is 2.25. The van der Waals surface area contributed by atoms with Crippen LogP contribution in [0.4, 0.5) is 4.79 Å². The Morgan fingerprint density at radius 1 is 1.50 bits per heavy atom. The van der Waals surface area contributed by atoms with Crippen molar-refractivity contribution in [3.63, 3.8) is 0 Å². The van der Waals surface area contributed by atoms with Crippen LogP contribution < -0.4 is 5.32 Å². The van der Waals surface area contributed by atoms with Crippen LogP contribution >= 0.6 is 0 Å².